The van der Waals surface area contributed by atoms with Crippen LogP contribution in [0.25, 0.3) is 0 Å². The molecule has 0 spiro atoms. The van der Waals surface area contributed by atoms with Crippen molar-refractivity contribution >= 4 is 6.03 Å². The van der Waals surface area contributed by atoms with Gasteiger partial charge in [-0.05, 0) is 50.8 Å². The number of hydrogen-bond acceptors (Lipinski definition) is 3. The van der Waals surface area contributed by atoms with Gasteiger partial charge in [-0.25, -0.2) is 4.79 Å². The summed E-state index contributed by atoms with van der Waals surface area (Å²) in [6.45, 7) is 4.29. The fourth-order valence-corrected chi connectivity index (χ4v) is 4.28. The van der Waals surface area contributed by atoms with E-state index in [1.54, 1.807) is 4.90 Å². The molecule has 2 aliphatic heterocycles. The van der Waals surface area contributed by atoms with E-state index in [-0.39, 0.29) is 11.6 Å². The fourth-order valence-electron chi connectivity index (χ4n) is 4.28. The molecule has 1 aliphatic carbocycles. The SMILES string of the molecule is O=C(NC1(CN2CCCCC2)CC1)N1CCC(O)(c2ccccc2)C1. The van der Waals surface area contributed by atoms with Crippen LogP contribution in [0.3, 0.4) is 0 Å². The van der Waals surface area contributed by atoms with Gasteiger partial charge in [-0.3, -0.25) is 0 Å². The zero-order valence-electron chi connectivity index (χ0n) is 14.9. The largest absolute Gasteiger partial charge is 0.383 e. The van der Waals surface area contributed by atoms with E-state index >= 15 is 0 Å². The number of likely N-dealkylation sites (tertiary alicyclic amines) is 2. The van der Waals surface area contributed by atoms with Gasteiger partial charge in [0, 0.05) is 13.1 Å². The van der Waals surface area contributed by atoms with E-state index in [1.807, 2.05) is 30.3 Å². The number of nitrogens with zero attached hydrogens (tertiary/aromatic N) is 2. The second-order valence-corrected chi connectivity index (χ2v) is 8.12. The summed E-state index contributed by atoms with van der Waals surface area (Å²) in [4.78, 5) is 17.0. The van der Waals surface area contributed by atoms with Gasteiger partial charge >= 0.3 is 6.03 Å². The zero-order valence-corrected chi connectivity index (χ0v) is 14.9. The Kier molecular flexibility index (Phi) is 4.46. The van der Waals surface area contributed by atoms with Crippen molar-refractivity contribution < 1.29 is 9.90 Å². The third kappa shape index (κ3) is 3.67. The molecule has 0 radical (unpaired) electrons. The Morgan fingerprint density at radius 2 is 1.76 bits per heavy atom. The van der Waals surface area contributed by atoms with Crippen molar-refractivity contribution in [2.45, 2.75) is 49.7 Å². The molecule has 25 heavy (non-hydrogen) atoms. The van der Waals surface area contributed by atoms with Crippen LogP contribution in [0.4, 0.5) is 4.79 Å². The van der Waals surface area contributed by atoms with Crippen molar-refractivity contribution in [2.75, 3.05) is 32.7 Å². The van der Waals surface area contributed by atoms with Gasteiger partial charge in [0.05, 0.1) is 12.1 Å². The van der Waals surface area contributed by atoms with Gasteiger partial charge in [-0.2, -0.15) is 0 Å². The Hall–Kier alpha value is -1.59. The molecule has 1 saturated carbocycles. The van der Waals surface area contributed by atoms with Gasteiger partial charge in [-0.15, -0.1) is 0 Å². The highest BCUT2D eigenvalue weighted by Gasteiger charge is 2.47. The van der Waals surface area contributed by atoms with Crippen molar-refractivity contribution in [3.05, 3.63) is 35.9 Å². The van der Waals surface area contributed by atoms with Gasteiger partial charge in [0.15, 0.2) is 0 Å². The maximum absolute atomic E-state index is 12.7. The molecule has 2 heterocycles. The molecule has 1 unspecified atom stereocenters. The van der Waals surface area contributed by atoms with Crippen molar-refractivity contribution in [1.82, 2.24) is 15.1 Å². The quantitative estimate of drug-likeness (QED) is 0.882. The maximum atomic E-state index is 12.7. The standard InChI is InChI=1S/C20H29N3O2/c24-18(21-19(9-10-19)15-22-12-5-2-6-13-22)23-14-11-20(25,16-23)17-7-3-1-4-8-17/h1,3-4,7-8,25H,2,5-6,9-16H2,(H,21,24). The smallest absolute Gasteiger partial charge is 0.317 e. The number of nitrogens with one attached hydrogen (secondary N) is 1. The number of benzene rings is 1. The summed E-state index contributed by atoms with van der Waals surface area (Å²) in [5, 5.41) is 14.2. The lowest BCUT2D eigenvalue weighted by Gasteiger charge is -2.32. The van der Waals surface area contributed by atoms with Crippen molar-refractivity contribution in [2.24, 2.45) is 0 Å². The van der Waals surface area contributed by atoms with Gasteiger partial charge in [0.25, 0.3) is 0 Å². The van der Waals surface area contributed by atoms with Gasteiger partial charge < -0.3 is 20.2 Å². The van der Waals surface area contributed by atoms with E-state index in [9.17, 15) is 9.90 Å². The van der Waals surface area contributed by atoms with E-state index in [2.05, 4.69) is 10.2 Å². The lowest BCUT2D eigenvalue weighted by atomic mass is 9.93. The molecule has 2 saturated heterocycles. The average molecular weight is 343 g/mol. The minimum Gasteiger partial charge on any atom is -0.383 e. The number of carbonyl (C=O) groups excluding carboxylic acids is 1. The Bertz CT molecular complexity index is 611. The Morgan fingerprint density at radius 3 is 2.44 bits per heavy atom. The fraction of sp³-hybridized carbons (Fsp3) is 0.650. The van der Waals surface area contributed by atoms with Crippen LogP contribution in [-0.2, 0) is 5.60 Å². The number of hydrogen-bond donors (Lipinski definition) is 2. The molecule has 1 aromatic carbocycles. The summed E-state index contributed by atoms with van der Waals surface area (Å²) in [6, 6.07) is 9.70. The predicted octanol–water partition coefficient (Wildman–Crippen LogP) is 2.31. The molecule has 5 heteroatoms. The number of carbonyl (C=O) groups is 1. The second kappa shape index (κ2) is 6.61. The number of rotatable bonds is 4. The first-order valence-electron chi connectivity index (χ1n) is 9.66. The molecular formula is C20H29N3O2. The summed E-state index contributed by atoms with van der Waals surface area (Å²) in [5.74, 6) is 0. The summed E-state index contributed by atoms with van der Waals surface area (Å²) in [5.41, 5.74) is -0.0379. The summed E-state index contributed by atoms with van der Waals surface area (Å²) >= 11 is 0. The average Bonchev–Trinajstić information content (AvgIpc) is 3.25. The Morgan fingerprint density at radius 1 is 1.04 bits per heavy atom. The lowest BCUT2D eigenvalue weighted by molar-refractivity contribution is 0.0490. The summed E-state index contributed by atoms with van der Waals surface area (Å²) in [7, 11) is 0. The highest BCUT2D eigenvalue weighted by atomic mass is 16.3. The van der Waals surface area contributed by atoms with Crippen molar-refractivity contribution in [3.8, 4) is 0 Å². The Labute approximate surface area is 150 Å². The first-order valence-corrected chi connectivity index (χ1v) is 9.66. The summed E-state index contributed by atoms with van der Waals surface area (Å²) in [6.07, 6.45) is 6.64. The number of piperidine rings is 1. The van der Waals surface area contributed by atoms with Crippen LogP contribution in [0.15, 0.2) is 30.3 Å². The van der Waals surface area contributed by atoms with E-state index in [0.29, 0.717) is 19.5 Å². The van der Waals surface area contributed by atoms with Crippen molar-refractivity contribution in [1.29, 1.82) is 0 Å². The highest BCUT2D eigenvalue weighted by molar-refractivity contribution is 5.76. The van der Waals surface area contributed by atoms with E-state index < -0.39 is 5.60 Å². The molecule has 5 nitrogen and oxygen atoms in total. The van der Waals surface area contributed by atoms with Crippen LogP contribution in [0.5, 0.6) is 0 Å². The maximum Gasteiger partial charge on any atom is 0.317 e. The molecule has 3 fully saturated rings. The first-order chi connectivity index (χ1) is 12.1. The molecular weight excluding hydrogens is 314 g/mol. The second-order valence-electron chi connectivity index (χ2n) is 8.12. The molecule has 136 valence electrons. The minimum absolute atomic E-state index is 0.0126. The number of amides is 2. The molecule has 0 aromatic heterocycles. The lowest BCUT2D eigenvalue weighted by Crippen LogP contribution is -2.51. The molecule has 0 bridgehead atoms. The van der Waals surface area contributed by atoms with E-state index in [4.69, 9.17) is 0 Å². The molecule has 1 aromatic rings. The van der Waals surface area contributed by atoms with Crippen molar-refractivity contribution in [3.63, 3.8) is 0 Å². The van der Waals surface area contributed by atoms with Gasteiger partial charge in [0.1, 0.15) is 5.60 Å². The first kappa shape index (κ1) is 16.9. The minimum atomic E-state index is -0.914. The van der Waals surface area contributed by atoms with Crippen LogP contribution in [0, 0.1) is 0 Å². The number of β-amino-alcohol motifs (C(OH)–C–C–N with tert-alkyl or cyclic N) is 1. The Balaban J connectivity index is 1.34. The van der Waals surface area contributed by atoms with Gasteiger partial charge in [-0.1, -0.05) is 36.8 Å². The topological polar surface area (TPSA) is 55.8 Å². The van der Waals surface area contributed by atoms with Gasteiger partial charge in [0.2, 0.25) is 0 Å². The normalized spacial score (nSPS) is 28.8. The number of aliphatic hydroxyl groups is 1. The highest BCUT2D eigenvalue weighted by Crippen LogP contribution is 2.38. The third-order valence-electron chi connectivity index (χ3n) is 6.05. The van der Waals surface area contributed by atoms with E-state index in [0.717, 1.165) is 38.0 Å². The number of urea groups is 1. The summed E-state index contributed by atoms with van der Waals surface area (Å²) < 4.78 is 0. The van der Waals surface area contributed by atoms with Crippen LogP contribution in [-0.4, -0.2) is 59.2 Å². The monoisotopic (exact) mass is 343 g/mol. The van der Waals surface area contributed by atoms with E-state index in [1.165, 1.54) is 19.3 Å². The van der Waals surface area contributed by atoms with Crippen LogP contribution in [0.2, 0.25) is 0 Å². The molecule has 2 amide bonds. The zero-order chi connectivity index (χ0) is 17.3. The molecule has 1 atom stereocenters. The predicted molar refractivity (Wildman–Crippen MR) is 97.3 cm³/mol. The molecule has 3 aliphatic rings. The van der Waals surface area contributed by atoms with Crippen LogP contribution < -0.4 is 5.32 Å². The van der Waals surface area contributed by atoms with Crippen LogP contribution in [0.1, 0.15) is 44.1 Å². The molecule has 4 rings (SSSR count). The van der Waals surface area contributed by atoms with Crippen LogP contribution >= 0.6 is 0 Å². The molecule has 2 N–H and O–H groups in total. The third-order valence-corrected chi connectivity index (χ3v) is 6.05.